The van der Waals surface area contributed by atoms with E-state index in [1.165, 1.54) is 12.1 Å². The molecule has 0 spiro atoms. The Morgan fingerprint density at radius 2 is 1.63 bits per heavy atom. The zero-order valence-corrected chi connectivity index (χ0v) is 18.7. The van der Waals surface area contributed by atoms with Gasteiger partial charge in [-0.3, -0.25) is 19.6 Å². The summed E-state index contributed by atoms with van der Waals surface area (Å²) < 4.78 is 14.1. The minimum atomic E-state index is -0.354. The Labute approximate surface area is 187 Å². The van der Waals surface area contributed by atoms with E-state index in [1.54, 1.807) is 29.1 Å². The fraction of sp³-hybridized carbons (Fsp3) is 0.200. The number of hydrogen-bond donors (Lipinski definition) is 1. The summed E-state index contributed by atoms with van der Waals surface area (Å²) in [6.45, 7) is 1.53. The predicted octanol–water partition coefficient (Wildman–Crippen LogP) is 3.22. The van der Waals surface area contributed by atoms with Crippen molar-refractivity contribution in [2.75, 3.05) is 13.2 Å². The maximum atomic E-state index is 11.9. The molecule has 8 nitrogen and oxygen atoms in total. The van der Waals surface area contributed by atoms with Gasteiger partial charge >= 0.3 is 0 Å². The summed E-state index contributed by atoms with van der Waals surface area (Å²) >= 11 is 6.64. The van der Waals surface area contributed by atoms with Crippen molar-refractivity contribution >= 4 is 53.9 Å². The number of ether oxygens (including phenoxy) is 2. The zero-order chi connectivity index (χ0) is 21.1. The Balaban J connectivity index is 0.000000158. The molecule has 30 heavy (non-hydrogen) atoms. The van der Waals surface area contributed by atoms with Crippen molar-refractivity contribution in [3.8, 4) is 0 Å². The number of H-pyrrole nitrogens is 1. The molecule has 4 aromatic rings. The molecule has 10 heteroatoms. The molecule has 1 saturated heterocycles. The second-order valence-corrected chi connectivity index (χ2v) is 8.25. The minimum absolute atomic E-state index is 0.0819. The van der Waals surface area contributed by atoms with Crippen LogP contribution in [0.3, 0.4) is 0 Å². The van der Waals surface area contributed by atoms with Gasteiger partial charge in [0.2, 0.25) is 5.56 Å². The molecule has 1 N–H and O–H groups in total. The van der Waals surface area contributed by atoms with Crippen LogP contribution in [0.2, 0.25) is 0 Å². The van der Waals surface area contributed by atoms with Crippen molar-refractivity contribution in [2.24, 2.45) is 0 Å². The van der Waals surface area contributed by atoms with E-state index in [9.17, 15) is 9.59 Å². The first-order chi connectivity index (χ1) is 14.5. The number of pyridine rings is 4. The molecule has 0 radical (unpaired) electrons. The fourth-order valence-electron chi connectivity index (χ4n) is 3.00. The summed E-state index contributed by atoms with van der Waals surface area (Å²) in [5.74, 6) is 0. The van der Waals surface area contributed by atoms with Crippen LogP contribution in [-0.2, 0) is 16.0 Å². The number of rotatable bonds is 2. The van der Waals surface area contributed by atoms with Gasteiger partial charge < -0.3 is 19.0 Å². The molecular formula is C20H16Br2N4O4. The first-order valence-corrected chi connectivity index (χ1v) is 10.6. The van der Waals surface area contributed by atoms with E-state index >= 15 is 0 Å². The Hall–Kier alpha value is -2.40. The summed E-state index contributed by atoms with van der Waals surface area (Å²) in [6, 6.07) is 10.1. The van der Waals surface area contributed by atoms with Gasteiger partial charge in [0.15, 0.2) is 6.29 Å². The SMILES string of the molecule is O=c1ccc2ncc(Br)cc2[nH]1.O=c1ccc2ncc(Br)cc2n1CC1OCCO1. The Bertz CT molecular complexity index is 1320. The lowest BCUT2D eigenvalue weighted by molar-refractivity contribution is -0.0522. The number of nitrogens with zero attached hydrogens (tertiary/aromatic N) is 3. The quantitative estimate of drug-likeness (QED) is 0.423. The predicted molar refractivity (Wildman–Crippen MR) is 119 cm³/mol. The van der Waals surface area contributed by atoms with Crippen molar-refractivity contribution in [2.45, 2.75) is 12.8 Å². The summed E-state index contributed by atoms with van der Waals surface area (Å²) in [4.78, 5) is 33.9. The van der Waals surface area contributed by atoms with Gasteiger partial charge in [0.1, 0.15) is 0 Å². The molecule has 5 heterocycles. The summed E-state index contributed by atoms with van der Waals surface area (Å²) in [7, 11) is 0. The van der Waals surface area contributed by atoms with Crippen LogP contribution in [0.1, 0.15) is 0 Å². The van der Waals surface area contributed by atoms with Gasteiger partial charge in [-0.15, -0.1) is 0 Å². The Morgan fingerprint density at radius 3 is 2.40 bits per heavy atom. The molecule has 0 unspecified atom stereocenters. The van der Waals surface area contributed by atoms with Crippen molar-refractivity contribution < 1.29 is 9.47 Å². The van der Waals surface area contributed by atoms with E-state index in [0.717, 1.165) is 31.0 Å². The number of nitrogens with one attached hydrogen (secondary N) is 1. The first-order valence-electron chi connectivity index (χ1n) is 9.02. The molecule has 154 valence electrons. The third kappa shape index (κ3) is 4.84. The lowest BCUT2D eigenvalue weighted by Crippen LogP contribution is -2.27. The smallest absolute Gasteiger partial charge is 0.251 e. The van der Waals surface area contributed by atoms with E-state index in [1.807, 2.05) is 12.1 Å². The van der Waals surface area contributed by atoms with E-state index in [0.29, 0.717) is 19.8 Å². The van der Waals surface area contributed by atoms with E-state index in [2.05, 4.69) is 46.8 Å². The highest BCUT2D eigenvalue weighted by atomic mass is 79.9. The van der Waals surface area contributed by atoms with Crippen LogP contribution in [0, 0.1) is 0 Å². The van der Waals surface area contributed by atoms with Crippen molar-refractivity contribution in [3.05, 3.63) is 78.4 Å². The number of aromatic amines is 1. The lowest BCUT2D eigenvalue weighted by Gasteiger charge is -2.13. The van der Waals surface area contributed by atoms with Gasteiger partial charge in [-0.25, -0.2) is 0 Å². The van der Waals surface area contributed by atoms with Crippen LogP contribution in [0.25, 0.3) is 22.1 Å². The molecule has 5 rings (SSSR count). The van der Waals surface area contributed by atoms with Crippen molar-refractivity contribution in [1.29, 1.82) is 0 Å². The minimum Gasteiger partial charge on any atom is -0.348 e. The molecule has 0 aromatic carbocycles. The molecule has 0 bridgehead atoms. The van der Waals surface area contributed by atoms with E-state index in [4.69, 9.17) is 9.47 Å². The maximum absolute atomic E-state index is 11.9. The van der Waals surface area contributed by atoms with Gasteiger partial charge in [0.05, 0.1) is 41.8 Å². The topological polar surface area (TPSA) is 99.1 Å². The lowest BCUT2D eigenvalue weighted by atomic mass is 10.3. The molecule has 0 amide bonds. The molecule has 1 fully saturated rings. The van der Waals surface area contributed by atoms with Crippen molar-refractivity contribution in [3.63, 3.8) is 0 Å². The molecule has 1 aliphatic rings. The van der Waals surface area contributed by atoms with Crippen LogP contribution >= 0.6 is 31.9 Å². The van der Waals surface area contributed by atoms with Gasteiger partial charge in [-0.05, 0) is 56.1 Å². The molecule has 4 aromatic heterocycles. The highest BCUT2D eigenvalue weighted by Crippen LogP contribution is 2.17. The highest BCUT2D eigenvalue weighted by molar-refractivity contribution is 9.10. The number of hydrogen-bond acceptors (Lipinski definition) is 6. The van der Waals surface area contributed by atoms with Crippen LogP contribution in [-0.4, -0.2) is 39.0 Å². The second-order valence-electron chi connectivity index (χ2n) is 6.42. The van der Waals surface area contributed by atoms with E-state index < -0.39 is 0 Å². The van der Waals surface area contributed by atoms with E-state index in [-0.39, 0.29) is 17.4 Å². The molecule has 0 saturated carbocycles. The van der Waals surface area contributed by atoms with Gasteiger partial charge in [-0.2, -0.15) is 0 Å². The Kier molecular flexibility index (Phi) is 6.38. The monoisotopic (exact) mass is 534 g/mol. The first kappa shape index (κ1) is 20.9. The molecular weight excluding hydrogens is 520 g/mol. The summed E-state index contributed by atoms with van der Waals surface area (Å²) in [5, 5.41) is 0. The van der Waals surface area contributed by atoms with Crippen LogP contribution in [0.4, 0.5) is 0 Å². The highest BCUT2D eigenvalue weighted by Gasteiger charge is 2.18. The average molecular weight is 536 g/mol. The third-order valence-electron chi connectivity index (χ3n) is 4.36. The van der Waals surface area contributed by atoms with Gasteiger partial charge in [0.25, 0.3) is 5.56 Å². The average Bonchev–Trinajstić information content (AvgIpc) is 3.24. The summed E-state index contributed by atoms with van der Waals surface area (Å²) in [6.07, 6.45) is 3.05. The normalized spacial score (nSPS) is 14.1. The van der Waals surface area contributed by atoms with Gasteiger partial charge in [-0.1, -0.05) is 0 Å². The van der Waals surface area contributed by atoms with Crippen molar-refractivity contribution in [1.82, 2.24) is 19.5 Å². The maximum Gasteiger partial charge on any atom is 0.251 e. The van der Waals surface area contributed by atoms with Gasteiger partial charge in [0, 0.05) is 33.5 Å². The van der Waals surface area contributed by atoms with Crippen LogP contribution in [0.5, 0.6) is 0 Å². The summed E-state index contributed by atoms with van der Waals surface area (Å²) in [5.41, 5.74) is 2.89. The fourth-order valence-corrected chi connectivity index (χ4v) is 3.66. The number of aromatic nitrogens is 4. The van der Waals surface area contributed by atoms with Crippen LogP contribution < -0.4 is 11.1 Å². The Morgan fingerprint density at radius 1 is 0.967 bits per heavy atom. The van der Waals surface area contributed by atoms with Crippen LogP contribution in [0.15, 0.2) is 67.3 Å². The molecule has 1 aliphatic heterocycles. The standard InChI is InChI=1S/C12H11BrN2O3.C8H5BrN2O/c13-8-5-10-9(14-6-8)1-2-11(16)15(10)7-12-17-3-4-18-12;9-5-3-7-6(10-4-5)1-2-8(12)11-7/h1-2,5-6,12H,3-4,7H2;1-4H,(H,11,12). The molecule has 0 atom stereocenters. The molecule has 0 aliphatic carbocycles. The largest absolute Gasteiger partial charge is 0.348 e. The zero-order valence-electron chi connectivity index (χ0n) is 15.5. The second kappa shape index (κ2) is 9.17. The number of fused-ring (bicyclic) bond motifs is 2. The third-order valence-corrected chi connectivity index (χ3v) is 5.23. The number of halogens is 2.